The minimum Gasteiger partial charge on any atom is -0.375 e. The van der Waals surface area contributed by atoms with E-state index in [0.29, 0.717) is 24.8 Å². The van der Waals surface area contributed by atoms with Crippen LogP contribution in [-0.2, 0) is 9.53 Å². The van der Waals surface area contributed by atoms with Gasteiger partial charge in [0.2, 0.25) is 5.91 Å². The molecular weight excluding hydrogens is 192 g/mol. The maximum Gasteiger partial charge on any atom is 0.236 e. The summed E-state index contributed by atoms with van der Waals surface area (Å²) in [6.07, 6.45) is 2.57. The zero-order chi connectivity index (χ0) is 11.4. The highest BCUT2D eigenvalue weighted by atomic mass is 16.5. The SMILES string of the molecule is C[C@@H]1CC(NCC(=O)N(C)C)C[C@@H](C)O1. The molecule has 1 aliphatic rings. The molecule has 1 aliphatic heterocycles. The van der Waals surface area contributed by atoms with Crippen LogP contribution in [-0.4, -0.2) is 49.7 Å². The Balaban J connectivity index is 2.29. The third-order valence-electron chi connectivity index (χ3n) is 2.74. The van der Waals surface area contributed by atoms with Gasteiger partial charge in [-0.2, -0.15) is 0 Å². The van der Waals surface area contributed by atoms with Gasteiger partial charge in [-0.15, -0.1) is 0 Å². The van der Waals surface area contributed by atoms with Crippen molar-refractivity contribution in [2.24, 2.45) is 0 Å². The van der Waals surface area contributed by atoms with Gasteiger partial charge in [0.1, 0.15) is 0 Å². The Kier molecular flexibility index (Phi) is 4.54. The fourth-order valence-corrected chi connectivity index (χ4v) is 1.96. The smallest absolute Gasteiger partial charge is 0.236 e. The van der Waals surface area contributed by atoms with Gasteiger partial charge in [-0.3, -0.25) is 4.79 Å². The molecule has 15 heavy (non-hydrogen) atoms. The maximum absolute atomic E-state index is 11.4. The number of carbonyl (C=O) groups excluding carboxylic acids is 1. The van der Waals surface area contributed by atoms with Crippen LogP contribution in [0.5, 0.6) is 0 Å². The molecule has 0 aromatic carbocycles. The van der Waals surface area contributed by atoms with Gasteiger partial charge in [0.15, 0.2) is 0 Å². The summed E-state index contributed by atoms with van der Waals surface area (Å²) < 4.78 is 5.64. The van der Waals surface area contributed by atoms with E-state index in [1.54, 1.807) is 19.0 Å². The molecule has 0 aromatic heterocycles. The molecule has 4 nitrogen and oxygen atoms in total. The van der Waals surface area contributed by atoms with E-state index in [2.05, 4.69) is 19.2 Å². The topological polar surface area (TPSA) is 41.6 Å². The summed E-state index contributed by atoms with van der Waals surface area (Å²) in [6.45, 7) is 4.59. The Hall–Kier alpha value is -0.610. The minimum absolute atomic E-state index is 0.127. The number of amides is 1. The Labute approximate surface area is 92.0 Å². The molecule has 4 heteroatoms. The van der Waals surface area contributed by atoms with Gasteiger partial charge < -0.3 is 15.0 Å². The first-order valence-corrected chi connectivity index (χ1v) is 5.58. The summed E-state index contributed by atoms with van der Waals surface area (Å²) in [5.41, 5.74) is 0. The van der Waals surface area contributed by atoms with Gasteiger partial charge in [-0.05, 0) is 26.7 Å². The molecule has 1 heterocycles. The average molecular weight is 214 g/mol. The molecule has 2 atom stereocenters. The van der Waals surface area contributed by atoms with Crippen molar-refractivity contribution in [3.63, 3.8) is 0 Å². The van der Waals surface area contributed by atoms with Crippen LogP contribution in [0, 0.1) is 0 Å². The summed E-state index contributed by atoms with van der Waals surface area (Å²) in [7, 11) is 3.55. The van der Waals surface area contributed by atoms with Gasteiger partial charge in [-0.1, -0.05) is 0 Å². The lowest BCUT2D eigenvalue weighted by atomic mass is 10.00. The number of carbonyl (C=O) groups is 1. The minimum atomic E-state index is 0.127. The van der Waals surface area contributed by atoms with Crippen molar-refractivity contribution in [2.75, 3.05) is 20.6 Å². The second kappa shape index (κ2) is 5.47. The van der Waals surface area contributed by atoms with Crippen molar-refractivity contribution in [3.05, 3.63) is 0 Å². The van der Waals surface area contributed by atoms with E-state index in [0.717, 1.165) is 12.8 Å². The van der Waals surface area contributed by atoms with Gasteiger partial charge >= 0.3 is 0 Å². The molecule has 0 aromatic rings. The van der Waals surface area contributed by atoms with E-state index in [1.165, 1.54) is 0 Å². The second-order valence-electron chi connectivity index (χ2n) is 4.59. The first kappa shape index (κ1) is 12.5. The van der Waals surface area contributed by atoms with Crippen LogP contribution in [0.4, 0.5) is 0 Å². The molecule has 0 unspecified atom stereocenters. The molecule has 88 valence electrons. The zero-order valence-corrected chi connectivity index (χ0v) is 10.1. The van der Waals surface area contributed by atoms with Crippen LogP contribution in [0.2, 0.25) is 0 Å². The predicted molar refractivity (Wildman–Crippen MR) is 59.7 cm³/mol. The molecule has 1 rings (SSSR count). The van der Waals surface area contributed by atoms with Crippen LogP contribution in [0.1, 0.15) is 26.7 Å². The van der Waals surface area contributed by atoms with Crippen molar-refractivity contribution in [2.45, 2.75) is 44.9 Å². The highest BCUT2D eigenvalue weighted by Crippen LogP contribution is 2.18. The molecular formula is C11H22N2O2. The van der Waals surface area contributed by atoms with Gasteiger partial charge in [0, 0.05) is 20.1 Å². The predicted octanol–water partition coefficient (Wildman–Crippen LogP) is 0.620. The fraction of sp³-hybridized carbons (Fsp3) is 0.909. The Bertz CT molecular complexity index is 209. The van der Waals surface area contributed by atoms with Crippen molar-refractivity contribution in [1.29, 1.82) is 0 Å². The molecule has 1 fully saturated rings. The highest BCUT2D eigenvalue weighted by Gasteiger charge is 2.24. The van der Waals surface area contributed by atoms with Crippen LogP contribution >= 0.6 is 0 Å². The van der Waals surface area contributed by atoms with Crippen molar-refractivity contribution < 1.29 is 9.53 Å². The quantitative estimate of drug-likeness (QED) is 0.749. The number of hydrogen-bond donors (Lipinski definition) is 1. The number of rotatable bonds is 3. The number of hydrogen-bond acceptors (Lipinski definition) is 3. The summed E-state index contributed by atoms with van der Waals surface area (Å²) >= 11 is 0. The first-order valence-electron chi connectivity index (χ1n) is 5.58. The zero-order valence-electron chi connectivity index (χ0n) is 10.1. The van der Waals surface area contributed by atoms with Crippen molar-refractivity contribution in [1.82, 2.24) is 10.2 Å². The van der Waals surface area contributed by atoms with Crippen molar-refractivity contribution >= 4 is 5.91 Å². The van der Waals surface area contributed by atoms with Crippen LogP contribution in [0.3, 0.4) is 0 Å². The number of ether oxygens (including phenoxy) is 1. The summed E-state index contributed by atoms with van der Waals surface area (Å²) in [5, 5.41) is 3.29. The lowest BCUT2D eigenvalue weighted by molar-refractivity contribution is -0.128. The standard InChI is InChI=1S/C11H22N2O2/c1-8-5-10(6-9(2)15-8)12-7-11(14)13(3)4/h8-10,12H,5-7H2,1-4H3/t8-,9-/m1/s1. The fourth-order valence-electron chi connectivity index (χ4n) is 1.96. The average Bonchev–Trinajstić information content (AvgIpc) is 2.12. The normalized spacial score (nSPS) is 31.3. The third-order valence-corrected chi connectivity index (χ3v) is 2.74. The van der Waals surface area contributed by atoms with Gasteiger partial charge in [0.05, 0.1) is 18.8 Å². The number of nitrogens with zero attached hydrogens (tertiary/aromatic N) is 1. The Morgan fingerprint density at radius 1 is 1.33 bits per heavy atom. The number of nitrogens with one attached hydrogen (secondary N) is 1. The number of likely N-dealkylation sites (N-methyl/N-ethyl adjacent to an activating group) is 1. The summed E-state index contributed by atoms with van der Waals surface area (Å²) in [6, 6.07) is 0.410. The lowest BCUT2D eigenvalue weighted by Gasteiger charge is -2.32. The largest absolute Gasteiger partial charge is 0.375 e. The highest BCUT2D eigenvalue weighted by molar-refractivity contribution is 5.77. The van der Waals surface area contributed by atoms with E-state index in [1.807, 2.05) is 0 Å². The molecule has 1 amide bonds. The summed E-state index contributed by atoms with van der Waals surface area (Å²) in [5.74, 6) is 0.127. The van der Waals surface area contributed by atoms with E-state index in [-0.39, 0.29) is 5.91 Å². The molecule has 1 N–H and O–H groups in total. The second-order valence-corrected chi connectivity index (χ2v) is 4.59. The van der Waals surface area contributed by atoms with Crippen LogP contribution in [0.25, 0.3) is 0 Å². The van der Waals surface area contributed by atoms with E-state index in [9.17, 15) is 4.79 Å². The summed E-state index contributed by atoms with van der Waals surface area (Å²) in [4.78, 5) is 13.0. The molecule has 0 bridgehead atoms. The van der Waals surface area contributed by atoms with E-state index < -0.39 is 0 Å². The van der Waals surface area contributed by atoms with Gasteiger partial charge in [-0.25, -0.2) is 0 Å². The third kappa shape index (κ3) is 4.18. The van der Waals surface area contributed by atoms with E-state index in [4.69, 9.17) is 4.74 Å². The Morgan fingerprint density at radius 3 is 2.33 bits per heavy atom. The lowest BCUT2D eigenvalue weighted by Crippen LogP contribution is -2.45. The molecule has 0 saturated carbocycles. The molecule has 0 radical (unpaired) electrons. The molecule has 0 spiro atoms. The molecule has 1 saturated heterocycles. The van der Waals surface area contributed by atoms with Crippen LogP contribution in [0.15, 0.2) is 0 Å². The Morgan fingerprint density at radius 2 is 1.87 bits per heavy atom. The van der Waals surface area contributed by atoms with E-state index >= 15 is 0 Å². The maximum atomic E-state index is 11.4. The first-order chi connectivity index (χ1) is 6.99. The van der Waals surface area contributed by atoms with Gasteiger partial charge in [0.25, 0.3) is 0 Å². The monoisotopic (exact) mass is 214 g/mol. The van der Waals surface area contributed by atoms with Crippen LogP contribution < -0.4 is 5.32 Å². The molecule has 0 aliphatic carbocycles. The van der Waals surface area contributed by atoms with Crippen molar-refractivity contribution in [3.8, 4) is 0 Å².